The summed E-state index contributed by atoms with van der Waals surface area (Å²) in [6.45, 7) is 4.76. The second-order valence-electron chi connectivity index (χ2n) is 8.89. The normalized spacial score (nSPS) is 13.9. The molecule has 0 saturated heterocycles. The number of ether oxygens (including phenoxy) is 5. The molecule has 0 fully saturated rings. The summed E-state index contributed by atoms with van der Waals surface area (Å²) in [6, 6.07) is 14.1. The van der Waals surface area contributed by atoms with E-state index in [9.17, 15) is 19.2 Å². The van der Waals surface area contributed by atoms with Crippen molar-refractivity contribution in [2.24, 2.45) is 0 Å². The van der Waals surface area contributed by atoms with Crippen molar-refractivity contribution >= 4 is 23.9 Å². The summed E-state index contributed by atoms with van der Waals surface area (Å²) < 4.78 is 28.3. The first-order valence-corrected chi connectivity index (χ1v) is 12.1. The molecule has 2 heterocycles. The fourth-order valence-corrected chi connectivity index (χ4v) is 4.76. The molecule has 38 heavy (non-hydrogen) atoms. The zero-order valence-electron chi connectivity index (χ0n) is 21.0. The Hall–Kier alpha value is -4.66. The highest BCUT2D eigenvalue weighted by Crippen LogP contribution is 2.57. The van der Waals surface area contributed by atoms with E-state index in [0.29, 0.717) is 23.1 Å². The van der Waals surface area contributed by atoms with Gasteiger partial charge in [-0.15, -0.1) is 0 Å². The van der Waals surface area contributed by atoms with Crippen molar-refractivity contribution in [3.8, 4) is 23.0 Å². The van der Waals surface area contributed by atoms with Crippen molar-refractivity contribution in [2.45, 2.75) is 39.2 Å². The molecule has 0 saturated carbocycles. The monoisotopic (exact) mass is 516 g/mol. The van der Waals surface area contributed by atoms with Gasteiger partial charge in [0, 0.05) is 42.7 Å². The van der Waals surface area contributed by atoms with E-state index >= 15 is 0 Å². The van der Waals surface area contributed by atoms with Gasteiger partial charge in [0.15, 0.2) is 5.60 Å². The Morgan fingerprint density at radius 1 is 0.868 bits per heavy atom. The van der Waals surface area contributed by atoms with E-state index in [1.807, 2.05) is 6.92 Å². The average molecular weight is 517 g/mol. The highest BCUT2D eigenvalue weighted by atomic mass is 16.6. The van der Waals surface area contributed by atoms with Crippen LogP contribution < -0.4 is 14.2 Å². The molecule has 194 valence electrons. The SMILES string of the molecule is CCCCOC(=O)c1cccc2c1C1(OC2=O)c2ccc(OC(C)=O)cc2Oc2cc(OC(C)=O)ccc21. The Balaban J connectivity index is 1.76. The number of hydrogen-bond acceptors (Lipinski definition) is 9. The van der Waals surface area contributed by atoms with Crippen LogP contribution in [0.3, 0.4) is 0 Å². The van der Waals surface area contributed by atoms with Gasteiger partial charge in [-0.3, -0.25) is 9.59 Å². The minimum absolute atomic E-state index is 0.177. The zero-order chi connectivity index (χ0) is 27.0. The number of unbranched alkanes of at least 4 members (excludes halogenated alkanes) is 1. The summed E-state index contributed by atoms with van der Waals surface area (Å²) in [4.78, 5) is 49.7. The van der Waals surface area contributed by atoms with Gasteiger partial charge < -0.3 is 23.7 Å². The average Bonchev–Trinajstić information content (AvgIpc) is 3.16. The van der Waals surface area contributed by atoms with Crippen LogP contribution in [-0.2, 0) is 24.7 Å². The molecule has 0 amide bonds. The van der Waals surface area contributed by atoms with Crippen LogP contribution in [0.4, 0.5) is 0 Å². The number of benzene rings is 3. The van der Waals surface area contributed by atoms with Gasteiger partial charge in [-0.1, -0.05) is 19.4 Å². The van der Waals surface area contributed by atoms with Crippen LogP contribution in [0.2, 0.25) is 0 Å². The van der Waals surface area contributed by atoms with Crippen LogP contribution >= 0.6 is 0 Å². The van der Waals surface area contributed by atoms with Crippen LogP contribution in [0, 0.1) is 0 Å². The lowest BCUT2D eigenvalue weighted by molar-refractivity contribution is -0.132. The molecule has 0 unspecified atom stereocenters. The maximum atomic E-state index is 13.3. The topological polar surface area (TPSA) is 114 Å². The quantitative estimate of drug-likeness (QED) is 0.252. The minimum Gasteiger partial charge on any atom is -0.462 e. The maximum Gasteiger partial charge on any atom is 0.340 e. The van der Waals surface area contributed by atoms with Crippen molar-refractivity contribution in [2.75, 3.05) is 6.61 Å². The number of fused-ring (bicyclic) bond motifs is 6. The molecular weight excluding hydrogens is 492 g/mol. The Kier molecular flexibility index (Phi) is 6.36. The smallest absolute Gasteiger partial charge is 0.340 e. The van der Waals surface area contributed by atoms with E-state index in [2.05, 4.69) is 0 Å². The van der Waals surface area contributed by atoms with Crippen molar-refractivity contribution < 1.29 is 42.9 Å². The molecule has 2 aliphatic rings. The largest absolute Gasteiger partial charge is 0.462 e. The summed E-state index contributed by atoms with van der Waals surface area (Å²) in [5.74, 6) is -1.39. The molecule has 0 aliphatic carbocycles. The molecule has 5 rings (SSSR count). The highest BCUT2D eigenvalue weighted by Gasteiger charge is 2.55. The van der Waals surface area contributed by atoms with Gasteiger partial charge in [0.25, 0.3) is 0 Å². The van der Waals surface area contributed by atoms with Gasteiger partial charge in [-0.2, -0.15) is 0 Å². The second-order valence-corrected chi connectivity index (χ2v) is 8.89. The van der Waals surface area contributed by atoms with E-state index in [1.165, 1.54) is 26.0 Å². The number of hydrogen-bond donors (Lipinski definition) is 0. The lowest BCUT2D eigenvalue weighted by Crippen LogP contribution is -2.34. The van der Waals surface area contributed by atoms with Crippen molar-refractivity contribution in [1.82, 2.24) is 0 Å². The number of carbonyl (C=O) groups is 4. The minimum atomic E-state index is -1.58. The number of esters is 4. The highest BCUT2D eigenvalue weighted by molar-refractivity contribution is 6.03. The predicted octanol–water partition coefficient (Wildman–Crippen LogP) is 5.06. The van der Waals surface area contributed by atoms with E-state index < -0.39 is 29.5 Å². The summed E-state index contributed by atoms with van der Waals surface area (Å²) in [5.41, 5.74) is -0.0423. The van der Waals surface area contributed by atoms with Gasteiger partial charge in [0.1, 0.15) is 23.0 Å². The Labute approximate surface area is 218 Å². The third-order valence-electron chi connectivity index (χ3n) is 6.24. The number of rotatable bonds is 6. The van der Waals surface area contributed by atoms with Crippen LogP contribution in [0.5, 0.6) is 23.0 Å². The van der Waals surface area contributed by atoms with Gasteiger partial charge in [0.05, 0.1) is 17.7 Å². The molecule has 2 aliphatic heterocycles. The maximum absolute atomic E-state index is 13.3. The summed E-state index contributed by atoms with van der Waals surface area (Å²) in [6.07, 6.45) is 1.54. The molecule has 0 atom stereocenters. The fourth-order valence-electron chi connectivity index (χ4n) is 4.76. The van der Waals surface area contributed by atoms with Gasteiger partial charge >= 0.3 is 23.9 Å². The molecule has 0 radical (unpaired) electrons. The van der Waals surface area contributed by atoms with Crippen LogP contribution in [0.25, 0.3) is 0 Å². The molecule has 0 bridgehead atoms. The lowest BCUT2D eigenvalue weighted by Gasteiger charge is -2.37. The molecule has 9 nitrogen and oxygen atoms in total. The van der Waals surface area contributed by atoms with E-state index in [4.69, 9.17) is 23.7 Å². The molecule has 0 N–H and O–H groups in total. The fraction of sp³-hybridized carbons (Fsp3) is 0.241. The summed E-state index contributed by atoms with van der Waals surface area (Å²) >= 11 is 0. The third kappa shape index (κ3) is 4.15. The van der Waals surface area contributed by atoms with E-state index in [-0.39, 0.29) is 40.7 Å². The molecule has 0 aromatic heterocycles. The zero-order valence-corrected chi connectivity index (χ0v) is 21.0. The summed E-state index contributed by atoms with van der Waals surface area (Å²) in [7, 11) is 0. The van der Waals surface area contributed by atoms with E-state index in [1.54, 1.807) is 42.5 Å². The Morgan fingerprint density at radius 3 is 2.03 bits per heavy atom. The third-order valence-corrected chi connectivity index (χ3v) is 6.24. The lowest BCUT2D eigenvalue weighted by atomic mass is 9.75. The van der Waals surface area contributed by atoms with Crippen molar-refractivity contribution in [3.05, 3.63) is 82.4 Å². The molecular formula is C29H24O9. The summed E-state index contributed by atoms with van der Waals surface area (Å²) in [5, 5.41) is 0. The van der Waals surface area contributed by atoms with E-state index in [0.717, 1.165) is 6.42 Å². The van der Waals surface area contributed by atoms with Crippen molar-refractivity contribution in [3.63, 3.8) is 0 Å². The molecule has 9 heteroatoms. The number of carbonyl (C=O) groups excluding carboxylic acids is 4. The molecule has 3 aromatic rings. The van der Waals surface area contributed by atoms with Gasteiger partial charge in [-0.25, -0.2) is 9.59 Å². The van der Waals surface area contributed by atoms with Crippen LogP contribution in [-0.4, -0.2) is 30.5 Å². The van der Waals surface area contributed by atoms with Crippen molar-refractivity contribution in [1.29, 1.82) is 0 Å². The Bertz CT molecular complexity index is 1420. The first-order chi connectivity index (χ1) is 18.2. The van der Waals surface area contributed by atoms with Crippen LogP contribution in [0.1, 0.15) is 71.0 Å². The van der Waals surface area contributed by atoms with Gasteiger partial charge in [-0.05, 0) is 42.8 Å². The molecule has 3 aromatic carbocycles. The molecule has 1 spiro atoms. The van der Waals surface area contributed by atoms with Gasteiger partial charge in [0.2, 0.25) is 0 Å². The first-order valence-electron chi connectivity index (χ1n) is 12.1. The predicted molar refractivity (Wildman–Crippen MR) is 133 cm³/mol. The van der Waals surface area contributed by atoms with Crippen LogP contribution in [0.15, 0.2) is 54.6 Å². The first kappa shape index (κ1) is 25.0. The second kappa shape index (κ2) is 9.66. The Morgan fingerprint density at radius 2 is 1.47 bits per heavy atom. The standard InChI is InChI=1S/C29H24O9/c1-4-5-13-34-27(32)20-7-6-8-21-26(20)29(38-28(21)33)22-11-9-18(35-16(2)30)14-24(22)37-25-15-19(36-17(3)31)10-12-23(25)29/h6-12,14-15H,4-5,13H2,1-3H3.